The van der Waals surface area contributed by atoms with Crippen LogP contribution in [0, 0.1) is 13.8 Å². The summed E-state index contributed by atoms with van der Waals surface area (Å²) in [7, 11) is 1.59. The van der Waals surface area contributed by atoms with Crippen LogP contribution in [0.15, 0.2) is 6.07 Å². The van der Waals surface area contributed by atoms with Crippen LogP contribution in [0.3, 0.4) is 0 Å². The Bertz CT molecular complexity index is 655. The highest BCUT2D eigenvalue weighted by Crippen LogP contribution is 2.32. The number of carbonyl (C=O) groups is 2. The number of nitrogens with zero attached hydrogens (tertiary/aromatic N) is 2. The topological polar surface area (TPSA) is 59.1 Å². The van der Waals surface area contributed by atoms with Gasteiger partial charge >= 0.3 is 6.09 Å². The second-order valence-electron chi connectivity index (χ2n) is 6.06. The van der Waals surface area contributed by atoms with Crippen LogP contribution in [-0.4, -0.2) is 61.7 Å². The molecular formula is C18H25ClN2O4. The summed E-state index contributed by atoms with van der Waals surface area (Å²) in [6, 6.07) is 1.86. The third-order valence-corrected chi connectivity index (χ3v) is 5.06. The number of piperazine rings is 1. The fourth-order valence-corrected chi connectivity index (χ4v) is 3.15. The molecule has 1 aliphatic heterocycles. The van der Waals surface area contributed by atoms with Crippen LogP contribution in [0.25, 0.3) is 0 Å². The molecule has 138 valence electrons. The predicted octanol–water partition coefficient (Wildman–Crippen LogP) is 2.81. The predicted molar refractivity (Wildman–Crippen MR) is 96.4 cm³/mol. The van der Waals surface area contributed by atoms with Crippen molar-refractivity contribution in [1.29, 1.82) is 0 Å². The maximum atomic E-state index is 12.7. The molecule has 0 radical (unpaired) electrons. The normalized spacial score (nSPS) is 14.4. The molecule has 0 bridgehead atoms. The second kappa shape index (κ2) is 8.43. The van der Waals surface area contributed by atoms with Crippen molar-refractivity contribution in [2.24, 2.45) is 0 Å². The van der Waals surface area contributed by atoms with E-state index in [0.717, 1.165) is 16.7 Å². The lowest BCUT2D eigenvalue weighted by molar-refractivity contribution is -0.132. The van der Waals surface area contributed by atoms with Crippen LogP contribution in [0.1, 0.15) is 23.6 Å². The lowest BCUT2D eigenvalue weighted by atomic mass is 10.0. The van der Waals surface area contributed by atoms with Crippen molar-refractivity contribution in [3.63, 3.8) is 0 Å². The number of methoxy groups -OCH3 is 1. The zero-order valence-electron chi connectivity index (χ0n) is 15.2. The molecule has 1 saturated heterocycles. The minimum absolute atomic E-state index is 0.00447. The van der Waals surface area contributed by atoms with Crippen LogP contribution in [0.2, 0.25) is 5.02 Å². The van der Waals surface area contributed by atoms with Gasteiger partial charge in [0, 0.05) is 36.8 Å². The van der Waals surface area contributed by atoms with E-state index < -0.39 is 0 Å². The molecule has 1 aromatic rings. The Hall–Kier alpha value is -1.95. The van der Waals surface area contributed by atoms with Gasteiger partial charge in [-0.15, -0.1) is 0 Å². The lowest BCUT2D eigenvalue weighted by Crippen LogP contribution is -2.51. The molecule has 25 heavy (non-hydrogen) atoms. The van der Waals surface area contributed by atoms with Gasteiger partial charge in [0.25, 0.3) is 0 Å². The van der Waals surface area contributed by atoms with E-state index in [1.165, 1.54) is 0 Å². The third kappa shape index (κ3) is 4.37. The summed E-state index contributed by atoms with van der Waals surface area (Å²) in [5, 5.41) is 0.663. The van der Waals surface area contributed by atoms with E-state index in [4.69, 9.17) is 21.1 Å². The SMILES string of the molecule is CCOC(=O)N1CCN(C(=O)Cc2c(OC)cc(C)c(Cl)c2C)CC1. The fourth-order valence-electron chi connectivity index (χ4n) is 2.98. The zero-order valence-corrected chi connectivity index (χ0v) is 16.0. The average Bonchev–Trinajstić information content (AvgIpc) is 2.62. The molecule has 0 spiro atoms. The summed E-state index contributed by atoms with van der Waals surface area (Å²) in [6.07, 6.45) is -0.0913. The van der Waals surface area contributed by atoms with Crippen molar-refractivity contribution in [2.75, 3.05) is 39.9 Å². The van der Waals surface area contributed by atoms with E-state index in [9.17, 15) is 9.59 Å². The van der Waals surface area contributed by atoms with Gasteiger partial charge in [0.1, 0.15) is 5.75 Å². The molecule has 7 heteroatoms. The molecule has 0 aliphatic carbocycles. The van der Waals surface area contributed by atoms with Crippen LogP contribution in [-0.2, 0) is 16.0 Å². The number of hydrogen-bond donors (Lipinski definition) is 0. The van der Waals surface area contributed by atoms with Gasteiger partial charge in [-0.25, -0.2) is 4.79 Å². The Kier molecular flexibility index (Phi) is 6.53. The highest BCUT2D eigenvalue weighted by Gasteiger charge is 2.26. The summed E-state index contributed by atoms with van der Waals surface area (Å²) in [4.78, 5) is 27.8. The van der Waals surface area contributed by atoms with E-state index >= 15 is 0 Å². The highest BCUT2D eigenvalue weighted by molar-refractivity contribution is 6.32. The second-order valence-corrected chi connectivity index (χ2v) is 6.43. The Balaban J connectivity index is 2.04. The molecule has 0 aromatic heterocycles. The maximum Gasteiger partial charge on any atom is 0.409 e. The number of amides is 2. The first-order chi connectivity index (χ1) is 11.9. The molecule has 2 rings (SSSR count). The van der Waals surface area contributed by atoms with Crippen molar-refractivity contribution in [3.05, 3.63) is 27.8 Å². The van der Waals surface area contributed by atoms with E-state index in [2.05, 4.69) is 0 Å². The van der Waals surface area contributed by atoms with Gasteiger partial charge < -0.3 is 19.3 Å². The fraction of sp³-hybridized carbons (Fsp3) is 0.556. The van der Waals surface area contributed by atoms with E-state index in [-0.39, 0.29) is 18.4 Å². The average molecular weight is 369 g/mol. The summed E-state index contributed by atoms with van der Waals surface area (Å²) >= 11 is 6.33. The van der Waals surface area contributed by atoms with Crippen molar-refractivity contribution >= 4 is 23.6 Å². The van der Waals surface area contributed by atoms with Gasteiger partial charge in [-0.05, 0) is 38.0 Å². The number of carbonyl (C=O) groups excluding carboxylic acids is 2. The number of aryl methyl sites for hydroxylation is 1. The molecule has 0 saturated carbocycles. The van der Waals surface area contributed by atoms with Crippen molar-refractivity contribution in [3.8, 4) is 5.75 Å². The Labute approximate surface area is 153 Å². The van der Waals surface area contributed by atoms with Gasteiger partial charge in [0.15, 0.2) is 0 Å². The Morgan fingerprint density at radius 2 is 1.76 bits per heavy atom. The first kappa shape index (κ1) is 19.4. The molecular weight excluding hydrogens is 344 g/mol. The first-order valence-corrected chi connectivity index (χ1v) is 8.78. The smallest absolute Gasteiger partial charge is 0.409 e. The standard InChI is InChI=1S/C18H25ClN2O4/c1-5-25-18(23)21-8-6-20(7-9-21)16(22)11-14-13(3)17(19)12(2)10-15(14)24-4/h10H,5-9,11H2,1-4H3. The van der Waals surface area contributed by atoms with Crippen molar-refractivity contribution in [2.45, 2.75) is 27.2 Å². The number of rotatable bonds is 4. The van der Waals surface area contributed by atoms with Gasteiger partial charge in [-0.1, -0.05) is 11.6 Å². The van der Waals surface area contributed by atoms with Crippen molar-refractivity contribution in [1.82, 2.24) is 9.80 Å². The number of benzene rings is 1. The number of hydrogen-bond acceptors (Lipinski definition) is 4. The van der Waals surface area contributed by atoms with E-state index in [1.54, 1.807) is 23.8 Å². The molecule has 0 atom stereocenters. The quantitative estimate of drug-likeness (QED) is 0.820. The monoisotopic (exact) mass is 368 g/mol. The molecule has 2 amide bonds. The summed E-state index contributed by atoms with van der Waals surface area (Å²) < 4.78 is 10.4. The van der Waals surface area contributed by atoms with Crippen LogP contribution in [0.5, 0.6) is 5.75 Å². The Morgan fingerprint density at radius 1 is 1.16 bits per heavy atom. The minimum Gasteiger partial charge on any atom is -0.496 e. The zero-order chi connectivity index (χ0) is 18.6. The highest BCUT2D eigenvalue weighted by atomic mass is 35.5. The third-order valence-electron chi connectivity index (χ3n) is 4.48. The lowest BCUT2D eigenvalue weighted by Gasteiger charge is -2.34. The van der Waals surface area contributed by atoms with E-state index in [1.807, 2.05) is 19.9 Å². The van der Waals surface area contributed by atoms with E-state index in [0.29, 0.717) is 43.6 Å². The number of ether oxygens (including phenoxy) is 2. The largest absolute Gasteiger partial charge is 0.496 e. The molecule has 6 nitrogen and oxygen atoms in total. The van der Waals surface area contributed by atoms with Crippen LogP contribution in [0.4, 0.5) is 4.79 Å². The minimum atomic E-state index is -0.322. The first-order valence-electron chi connectivity index (χ1n) is 8.41. The van der Waals surface area contributed by atoms with Gasteiger partial charge in [-0.2, -0.15) is 0 Å². The van der Waals surface area contributed by atoms with Gasteiger partial charge in [-0.3, -0.25) is 4.79 Å². The summed E-state index contributed by atoms with van der Waals surface area (Å²) in [6.45, 7) is 7.91. The Morgan fingerprint density at radius 3 is 2.32 bits per heavy atom. The molecule has 0 unspecified atom stereocenters. The molecule has 0 N–H and O–H groups in total. The van der Waals surface area contributed by atoms with Gasteiger partial charge in [0.2, 0.25) is 5.91 Å². The molecule has 1 aromatic carbocycles. The summed E-state index contributed by atoms with van der Waals surface area (Å²) in [5.41, 5.74) is 2.61. The molecule has 1 aliphatic rings. The summed E-state index contributed by atoms with van der Waals surface area (Å²) in [5.74, 6) is 0.683. The molecule has 1 heterocycles. The van der Waals surface area contributed by atoms with Crippen molar-refractivity contribution < 1.29 is 19.1 Å². The van der Waals surface area contributed by atoms with Gasteiger partial charge in [0.05, 0.1) is 20.1 Å². The molecule has 1 fully saturated rings. The number of halogens is 1. The van der Waals surface area contributed by atoms with Crippen LogP contribution < -0.4 is 4.74 Å². The van der Waals surface area contributed by atoms with Crippen LogP contribution >= 0.6 is 11.6 Å². The maximum absolute atomic E-state index is 12.7.